The molecule has 0 aliphatic carbocycles. The van der Waals surface area contributed by atoms with Crippen molar-refractivity contribution >= 4 is 7.82 Å². The Morgan fingerprint density at radius 2 is 1.19 bits per heavy atom. The van der Waals surface area contributed by atoms with E-state index in [1.807, 2.05) is 0 Å². The maximum absolute atomic E-state index is 10.6. The van der Waals surface area contributed by atoms with Gasteiger partial charge in [-0.1, -0.05) is 96.8 Å². The number of rotatable bonds is 19. The number of hydrogen-bond acceptors (Lipinski definition) is 4. The Morgan fingerprint density at radius 1 is 0.808 bits per heavy atom. The third-order valence-corrected chi connectivity index (χ3v) is 5.27. The first-order chi connectivity index (χ1) is 12.4. The van der Waals surface area contributed by atoms with Crippen LogP contribution in [0.1, 0.15) is 103 Å². The van der Waals surface area contributed by atoms with Gasteiger partial charge < -0.3 is 20.6 Å². The lowest BCUT2D eigenvalue weighted by Gasteiger charge is -2.18. The van der Waals surface area contributed by atoms with Gasteiger partial charge in [0.25, 0.3) is 0 Å². The summed E-state index contributed by atoms with van der Waals surface area (Å²) in [6.07, 6.45) is 17.7. The lowest BCUT2D eigenvalue weighted by Crippen LogP contribution is -2.38. The molecule has 26 heavy (non-hydrogen) atoms. The van der Waals surface area contributed by atoms with E-state index in [2.05, 4.69) is 11.4 Å². The minimum atomic E-state index is -4.51. The van der Waals surface area contributed by atoms with Crippen molar-refractivity contribution in [2.45, 2.75) is 115 Å². The summed E-state index contributed by atoms with van der Waals surface area (Å²) in [7, 11) is -4.51. The zero-order valence-corrected chi connectivity index (χ0v) is 17.5. The molecule has 0 saturated carbocycles. The van der Waals surface area contributed by atoms with Crippen LogP contribution in [-0.4, -0.2) is 33.6 Å². The molecule has 158 valence electrons. The summed E-state index contributed by atoms with van der Waals surface area (Å²) in [5, 5.41) is 9.85. The van der Waals surface area contributed by atoms with Gasteiger partial charge in [0.1, 0.15) is 0 Å². The van der Waals surface area contributed by atoms with Crippen LogP contribution in [0.4, 0.5) is 0 Å². The van der Waals surface area contributed by atoms with Gasteiger partial charge in [-0.3, -0.25) is 4.52 Å². The highest BCUT2D eigenvalue weighted by Crippen LogP contribution is 2.35. The highest BCUT2D eigenvalue weighted by atomic mass is 31.2. The van der Waals surface area contributed by atoms with Gasteiger partial charge in [-0.2, -0.15) is 0 Å². The summed E-state index contributed by atoms with van der Waals surface area (Å²) < 4.78 is 14.9. The highest BCUT2D eigenvalue weighted by Gasteiger charge is 2.20. The Kier molecular flexibility index (Phi) is 17.2. The van der Waals surface area contributed by atoms with Crippen LogP contribution >= 0.6 is 7.82 Å². The second-order valence-corrected chi connectivity index (χ2v) is 8.64. The van der Waals surface area contributed by atoms with Crippen molar-refractivity contribution in [3.63, 3.8) is 0 Å². The maximum Gasteiger partial charge on any atom is 0.469 e. The topological polar surface area (TPSA) is 113 Å². The molecule has 2 unspecified atom stereocenters. The first kappa shape index (κ1) is 26.0. The van der Waals surface area contributed by atoms with Gasteiger partial charge in [-0.25, -0.2) is 4.57 Å². The van der Waals surface area contributed by atoms with E-state index < -0.39 is 20.0 Å². The monoisotopic (exact) mass is 395 g/mol. The first-order valence-corrected chi connectivity index (χ1v) is 12.0. The molecule has 0 aromatic heterocycles. The van der Waals surface area contributed by atoms with Gasteiger partial charge in [0, 0.05) is 0 Å². The smallest absolute Gasteiger partial charge is 0.391 e. The van der Waals surface area contributed by atoms with E-state index in [4.69, 9.17) is 15.5 Å². The lowest BCUT2D eigenvalue weighted by molar-refractivity contribution is 0.0931. The molecule has 0 spiro atoms. The van der Waals surface area contributed by atoms with Gasteiger partial charge in [0.05, 0.1) is 18.8 Å². The Hall–Kier alpha value is 0.0300. The summed E-state index contributed by atoms with van der Waals surface area (Å²) in [5.74, 6) is 0. The summed E-state index contributed by atoms with van der Waals surface area (Å²) in [5.41, 5.74) is 5.66. The van der Waals surface area contributed by atoms with Crippen molar-refractivity contribution in [1.82, 2.24) is 0 Å². The molecule has 0 saturated heterocycles. The number of aliphatic hydroxyl groups is 1. The van der Waals surface area contributed by atoms with Crippen molar-refractivity contribution < 1.29 is 24.0 Å². The van der Waals surface area contributed by atoms with Crippen molar-refractivity contribution in [2.24, 2.45) is 5.73 Å². The summed E-state index contributed by atoms with van der Waals surface area (Å²) in [4.78, 5) is 17.2. The number of phosphoric ester groups is 1. The van der Waals surface area contributed by atoms with Crippen molar-refractivity contribution in [3.8, 4) is 0 Å². The Morgan fingerprint density at radius 3 is 1.58 bits per heavy atom. The zero-order chi connectivity index (χ0) is 19.7. The predicted octanol–water partition coefficient (Wildman–Crippen LogP) is 4.66. The first-order valence-electron chi connectivity index (χ1n) is 10.5. The van der Waals surface area contributed by atoms with Gasteiger partial charge in [-0.15, -0.1) is 0 Å². The van der Waals surface area contributed by atoms with Crippen LogP contribution in [0.2, 0.25) is 0 Å². The van der Waals surface area contributed by atoms with E-state index >= 15 is 0 Å². The number of nitrogens with two attached hydrogens (primary N) is 1. The van der Waals surface area contributed by atoms with E-state index in [1.54, 1.807) is 0 Å². The zero-order valence-electron chi connectivity index (χ0n) is 16.7. The fraction of sp³-hybridized carbons (Fsp3) is 1.00. The van der Waals surface area contributed by atoms with E-state index in [1.165, 1.54) is 70.6 Å². The van der Waals surface area contributed by atoms with Crippen molar-refractivity contribution in [1.29, 1.82) is 0 Å². The second kappa shape index (κ2) is 17.2. The molecule has 0 fully saturated rings. The average molecular weight is 396 g/mol. The van der Waals surface area contributed by atoms with Crippen LogP contribution in [-0.2, 0) is 9.09 Å². The number of phosphoric acid groups is 1. The largest absolute Gasteiger partial charge is 0.469 e. The standard InChI is InChI=1S/C19H42NO5P/c1-2-3-4-5-6-7-8-9-10-11-12-13-14-15-16-19(21)18(20)17-25-26(22,23)24/h18-19,21H,2-17,20H2,1H3,(H2,22,23,24). The molecule has 7 heteroatoms. The van der Waals surface area contributed by atoms with E-state index in [-0.39, 0.29) is 6.61 Å². The molecule has 2 atom stereocenters. The fourth-order valence-electron chi connectivity index (χ4n) is 3.06. The van der Waals surface area contributed by atoms with Crippen LogP contribution in [0.5, 0.6) is 0 Å². The van der Waals surface area contributed by atoms with E-state index in [9.17, 15) is 9.67 Å². The van der Waals surface area contributed by atoms with E-state index in [0.29, 0.717) is 6.42 Å². The average Bonchev–Trinajstić information content (AvgIpc) is 2.59. The number of hydrogen-bond donors (Lipinski definition) is 4. The lowest BCUT2D eigenvalue weighted by atomic mass is 10.0. The quantitative estimate of drug-likeness (QED) is 0.187. The third kappa shape index (κ3) is 18.8. The summed E-state index contributed by atoms with van der Waals surface area (Å²) in [6.45, 7) is 1.92. The summed E-state index contributed by atoms with van der Waals surface area (Å²) in [6, 6.07) is -0.760. The molecular weight excluding hydrogens is 353 g/mol. The molecule has 0 aromatic carbocycles. The van der Waals surface area contributed by atoms with E-state index in [0.717, 1.165) is 19.3 Å². The minimum Gasteiger partial charge on any atom is -0.391 e. The molecule has 0 aliphatic heterocycles. The molecular formula is C19H42NO5P. The molecule has 0 amide bonds. The minimum absolute atomic E-state index is 0.329. The molecule has 6 nitrogen and oxygen atoms in total. The van der Waals surface area contributed by atoms with Gasteiger partial charge >= 0.3 is 7.82 Å². The Labute approximate surface area is 160 Å². The number of unbranched alkanes of at least 4 members (excludes halogenated alkanes) is 13. The highest BCUT2D eigenvalue weighted by molar-refractivity contribution is 7.46. The number of aliphatic hydroxyl groups excluding tert-OH is 1. The normalized spacial score (nSPS) is 14.5. The van der Waals surface area contributed by atoms with Crippen molar-refractivity contribution in [3.05, 3.63) is 0 Å². The van der Waals surface area contributed by atoms with Crippen molar-refractivity contribution in [2.75, 3.05) is 6.61 Å². The molecule has 0 heterocycles. The Bertz CT molecular complexity index is 351. The van der Waals surface area contributed by atoms with Crippen LogP contribution in [0.3, 0.4) is 0 Å². The molecule has 0 aliphatic rings. The van der Waals surface area contributed by atoms with Gasteiger partial charge in [0.2, 0.25) is 0 Å². The van der Waals surface area contributed by atoms with Crippen LogP contribution in [0.15, 0.2) is 0 Å². The fourth-order valence-corrected chi connectivity index (χ4v) is 3.42. The third-order valence-electron chi connectivity index (χ3n) is 4.78. The van der Waals surface area contributed by atoms with Crippen LogP contribution in [0, 0.1) is 0 Å². The van der Waals surface area contributed by atoms with Gasteiger partial charge in [0.15, 0.2) is 0 Å². The molecule has 0 rings (SSSR count). The molecule has 0 radical (unpaired) electrons. The van der Waals surface area contributed by atoms with Gasteiger partial charge in [-0.05, 0) is 6.42 Å². The van der Waals surface area contributed by atoms with Crippen LogP contribution in [0.25, 0.3) is 0 Å². The predicted molar refractivity (Wildman–Crippen MR) is 107 cm³/mol. The molecule has 5 N–H and O–H groups in total. The second-order valence-electron chi connectivity index (χ2n) is 7.40. The molecule has 0 aromatic rings. The Balaban J connectivity index is 3.31. The van der Waals surface area contributed by atoms with Crippen LogP contribution < -0.4 is 5.73 Å². The molecule has 0 bridgehead atoms. The maximum atomic E-state index is 10.6. The SMILES string of the molecule is CCCCCCCCCCCCCCCCC(O)C(N)COP(=O)(O)O. The summed E-state index contributed by atoms with van der Waals surface area (Å²) >= 11 is 0.